The van der Waals surface area contributed by atoms with E-state index in [1.165, 1.54) is 5.56 Å². The highest BCUT2D eigenvalue weighted by atomic mass is 32.1. The van der Waals surface area contributed by atoms with E-state index in [0.717, 1.165) is 18.7 Å². The lowest BCUT2D eigenvalue weighted by atomic mass is 10.2. The Morgan fingerprint density at radius 2 is 2.12 bits per heavy atom. The van der Waals surface area contributed by atoms with Gasteiger partial charge in [0, 0.05) is 25.2 Å². The molecular formula is C12H15NO2S. The lowest BCUT2D eigenvalue weighted by Crippen LogP contribution is -2.25. The number of hydrogen-bond acceptors (Lipinski definition) is 4. The summed E-state index contributed by atoms with van der Waals surface area (Å²) in [6.45, 7) is 2.55. The fraction of sp³-hybridized carbons (Fsp3) is 0.333. The lowest BCUT2D eigenvalue weighted by Gasteiger charge is -2.19. The van der Waals surface area contributed by atoms with Gasteiger partial charge in [-0.2, -0.15) is 11.3 Å². The molecule has 86 valence electrons. The zero-order valence-corrected chi connectivity index (χ0v) is 9.82. The number of rotatable bonds is 6. The van der Waals surface area contributed by atoms with Crippen molar-refractivity contribution < 1.29 is 9.52 Å². The summed E-state index contributed by atoms with van der Waals surface area (Å²) in [7, 11) is 0. The predicted molar refractivity (Wildman–Crippen MR) is 64.2 cm³/mol. The number of aliphatic hydroxyl groups is 1. The van der Waals surface area contributed by atoms with E-state index in [2.05, 4.69) is 21.7 Å². The van der Waals surface area contributed by atoms with Crippen LogP contribution in [-0.2, 0) is 13.1 Å². The highest BCUT2D eigenvalue weighted by Crippen LogP contribution is 2.12. The predicted octanol–water partition coefficient (Wildman–Crippen LogP) is 2.34. The second-order valence-electron chi connectivity index (χ2n) is 3.70. The Morgan fingerprint density at radius 1 is 1.25 bits per heavy atom. The molecule has 0 saturated heterocycles. The van der Waals surface area contributed by atoms with Gasteiger partial charge in [0.15, 0.2) is 0 Å². The maximum atomic E-state index is 9.03. The van der Waals surface area contributed by atoms with Crippen molar-refractivity contribution in [3.8, 4) is 0 Å². The molecule has 0 bridgehead atoms. The van der Waals surface area contributed by atoms with Crippen molar-refractivity contribution in [1.29, 1.82) is 0 Å². The second-order valence-corrected chi connectivity index (χ2v) is 4.48. The van der Waals surface area contributed by atoms with Crippen LogP contribution in [-0.4, -0.2) is 23.2 Å². The Hall–Kier alpha value is -1.10. The topological polar surface area (TPSA) is 36.6 Å². The summed E-state index contributed by atoms with van der Waals surface area (Å²) in [5.41, 5.74) is 2.44. The largest absolute Gasteiger partial charge is 0.472 e. The fourth-order valence-corrected chi connectivity index (χ4v) is 2.30. The van der Waals surface area contributed by atoms with Crippen LogP contribution in [0.2, 0.25) is 0 Å². The van der Waals surface area contributed by atoms with Crippen LogP contribution in [0.4, 0.5) is 0 Å². The molecule has 2 aromatic rings. The summed E-state index contributed by atoms with van der Waals surface area (Å²) >= 11 is 1.70. The zero-order chi connectivity index (χ0) is 11.2. The number of nitrogens with zero attached hydrogens (tertiary/aromatic N) is 1. The molecule has 0 aliphatic carbocycles. The second kappa shape index (κ2) is 5.84. The molecule has 0 aliphatic heterocycles. The number of furan rings is 1. The monoisotopic (exact) mass is 237 g/mol. The molecule has 0 saturated carbocycles. The third kappa shape index (κ3) is 3.20. The van der Waals surface area contributed by atoms with Gasteiger partial charge in [0.2, 0.25) is 0 Å². The van der Waals surface area contributed by atoms with Crippen molar-refractivity contribution in [3.05, 3.63) is 46.5 Å². The van der Waals surface area contributed by atoms with Crippen molar-refractivity contribution in [3.63, 3.8) is 0 Å². The molecule has 3 nitrogen and oxygen atoms in total. The quantitative estimate of drug-likeness (QED) is 0.837. The van der Waals surface area contributed by atoms with Gasteiger partial charge in [0.05, 0.1) is 19.1 Å². The molecule has 2 rings (SSSR count). The van der Waals surface area contributed by atoms with Gasteiger partial charge in [-0.1, -0.05) is 0 Å². The Balaban J connectivity index is 1.94. The van der Waals surface area contributed by atoms with Gasteiger partial charge in [-0.15, -0.1) is 0 Å². The highest BCUT2D eigenvalue weighted by Gasteiger charge is 2.07. The molecule has 2 aromatic heterocycles. The molecule has 0 atom stereocenters. The first-order valence-corrected chi connectivity index (χ1v) is 6.18. The van der Waals surface area contributed by atoms with E-state index in [4.69, 9.17) is 9.52 Å². The van der Waals surface area contributed by atoms with Gasteiger partial charge >= 0.3 is 0 Å². The van der Waals surface area contributed by atoms with Crippen molar-refractivity contribution in [2.24, 2.45) is 0 Å². The molecule has 2 heterocycles. The van der Waals surface area contributed by atoms with E-state index in [1.807, 2.05) is 6.07 Å². The van der Waals surface area contributed by atoms with Crippen molar-refractivity contribution in [2.75, 3.05) is 13.2 Å². The van der Waals surface area contributed by atoms with E-state index in [-0.39, 0.29) is 6.61 Å². The molecule has 0 aliphatic rings. The van der Waals surface area contributed by atoms with E-state index >= 15 is 0 Å². The smallest absolute Gasteiger partial charge is 0.0947 e. The molecule has 0 spiro atoms. The highest BCUT2D eigenvalue weighted by molar-refractivity contribution is 7.07. The number of aliphatic hydroxyl groups excluding tert-OH is 1. The Morgan fingerprint density at radius 3 is 2.75 bits per heavy atom. The summed E-state index contributed by atoms with van der Waals surface area (Å²) < 4.78 is 5.04. The zero-order valence-electron chi connectivity index (χ0n) is 9.00. The summed E-state index contributed by atoms with van der Waals surface area (Å²) in [6, 6.07) is 4.07. The van der Waals surface area contributed by atoms with Crippen LogP contribution in [0, 0.1) is 0 Å². The summed E-state index contributed by atoms with van der Waals surface area (Å²) in [4.78, 5) is 2.20. The van der Waals surface area contributed by atoms with E-state index in [9.17, 15) is 0 Å². The Labute approximate surface area is 98.9 Å². The van der Waals surface area contributed by atoms with Gasteiger partial charge in [0.1, 0.15) is 0 Å². The standard InChI is InChI=1S/C12H15NO2S/c14-4-3-13(7-11-1-5-15-9-11)8-12-2-6-16-10-12/h1-2,5-6,9-10,14H,3-4,7-8H2. The summed E-state index contributed by atoms with van der Waals surface area (Å²) in [6.07, 6.45) is 3.43. The van der Waals surface area contributed by atoms with E-state index in [0.29, 0.717) is 6.54 Å². The molecule has 4 heteroatoms. The molecular weight excluding hydrogens is 222 g/mol. The van der Waals surface area contributed by atoms with Crippen LogP contribution in [0.3, 0.4) is 0 Å². The number of thiophene rings is 1. The third-order valence-corrected chi connectivity index (χ3v) is 3.12. The van der Waals surface area contributed by atoms with Crippen LogP contribution in [0.15, 0.2) is 39.8 Å². The van der Waals surface area contributed by atoms with Crippen molar-refractivity contribution >= 4 is 11.3 Å². The van der Waals surface area contributed by atoms with Crippen LogP contribution in [0.25, 0.3) is 0 Å². The maximum Gasteiger partial charge on any atom is 0.0947 e. The van der Waals surface area contributed by atoms with Gasteiger partial charge < -0.3 is 9.52 Å². The Kier molecular flexibility index (Phi) is 4.16. The minimum absolute atomic E-state index is 0.183. The molecule has 0 amide bonds. The average molecular weight is 237 g/mol. The minimum Gasteiger partial charge on any atom is -0.472 e. The first-order chi connectivity index (χ1) is 7.88. The summed E-state index contributed by atoms with van der Waals surface area (Å²) in [5.74, 6) is 0. The van der Waals surface area contributed by atoms with E-state index < -0.39 is 0 Å². The van der Waals surface area contributed by atoms with Gasteiger partial charge in [-0.25, -0.2) is 0 Å². The van der Waals surface area contributed by atoms with Crippen LogP contribution in [0.1, 0.15) is 11.1 Å². The number of hydrogen-bond donors (Lipinski definition) is 1. The van der Waals surface area contributed by atoms with Crippen LogP contribution >= 0.6 is 11.3 Å². The SMILES string of the molecule is OCCN(Cc1ccoc1)Cc1ccsc1. The molecule has 1 N–H and O–H groups in total. The molecule has 16 heavy (non-hydrogen) atoms. The van der Waals surface area contributed by atoms with Crippen molar-refractivity contribution in [1.82, 2.24) is 4.90 Å². The first kappa shape index (κ1) is 11.4. The molecule has 0 radical (unpaired) electrons. The van der Waals surface area contributed by atoms with Crippen molar-refractivity contribution in [2.45, 2.75) is 13.1 Å². The molecule has 0 unspecified atom stereocenters. The van der Waals surface area contributed by atoms with Gasteiger partial charge in [-0.3, -0.25) is 4.90 Å². The fourth-order valence-electron chi connectivity index (χ4n) is 1.64. The lowest BCUT2D eigenvalue weighted by molar-refractivity contribution is 0.184. The Bertz CT molecular complexity index is 347. The normalized spacial score (nSPS) is 11.1. The maximum absolute atomic E-state index is 9.03. The average Bonchev–Trinajstić information content (AvgIpc) is 2.91. The van der Waals surface area contributed by atoms with Gasteiger partial charge in [-0.05, 0) is 28.5 Å². The third-order valence-electron chi connectivity index (χ3n) is 2.39. The molecule has 0 aromatic carbocycles. The first-order valence-electron chi connectivity index (χ1n) is 5.24. The summed E-state index contributed by atoms with van der Waals surface area (Å²) in [5, 5.41) is 13.2. The van der Waals surface area contributed by atoms with Crippen LogP contribution in [0.5, 0.6) is 0 Å². The minimum atomic E-state index is 0.183. The van der Waals surface area contributed by atoms with E-state index in [1.54, 1.807) is 23.9 Å². The van der Waals surface area contributed by atoms with Crippen LogP contribution < -0.4 is 0 Å². The van der Waals surface area contributed by atoms with Gasteiger partial charge in [0.25, 0.3) is 0 Å². The molecule has 0 fully saturated rings.